The van der Waals surface area contributed by atoms with Crippen molar-refractivity contribution in [1.29, 1.82) is 0 Å². The Balaban J connectivity index is 2.17. The number of hydrogen-bond acceptors (Lipinski definition) is 2. The Kier molecular flexibility index (Phi) is 2.83. The van der Waals surface area contributed by atoms with Gasteiger partial charge in [-0.3, -0.25) is 4.79 Å². The van der Waals surface area contributed by atoms with Crippen molar-refractivity contribution in [2.24, 2.45) is 11.7 Å². The van der Waals surface area contributed by atoms with Crippen LogP contribution in [0.5, 0.6) is 0 Å². The van der Waals surface area contributed by atoms with E-state index >= 15 is 0 Å². The number of ketones is 1. The molecule has 0 spiro atoms. The van der Waals surface area contributed by atoms with Crippen LogP contribution in [0.15, 0.2) is 12.7 Å². The lowest BCUT2D eigenvalue weighted by molar-refractivity contribution is -0.118. The minimum atomic E-state index is 0.113. The maximum Gasteiger partial charge on any atom is 0.138 e. The highest BCUT2D eigenvalue weighted by atomic mass is 16.1. The third-order valence-electron chi connectivity index (χ3n) is 2.06. The van der Waals surface area contributed by atoms with Gasteiger partial charge in [-0.15, -0.1) is 6.58 Å². The zero-order chi connectivity index (χ0) is 8.27. The number of carbonyl (C=O) groups excluding carboxylic acids is 1. The fourth-order valence-corrected chi connectivity index (χ4v) is 1.20. The van der Waals surface area contributed by atoms with Crippen LogP contribution < -0.4 is 5.73 Å². The van der Waals surface area contributed by atoms with Crippen molar-refractivity contribution >= 4 is 5.78 Å². The minimum Gasteiger partial charge on any atom is -0.327 e. The molecule has 1 rings (SSSR count). The molecule has 2 nitrogen and oxygen atoms in total. The van der Waals surface area contributed by atoms with E-state index in [1.807, 2.05) is 0 Å². The fourth-order valence-electron chi connectivity index (χ4n) is 1.20. The van der Waals surface area contributed by atoms with Gasteiger partial charge in [-0.25, -0.2) is 0 Å². The van der Waals surface area contributed by atoms with Gasteiger partial charge in [0, 0.05) is 18.9 Å². The molecule has 1 atom stereocenters. The molecule has 0 amide bonds. The third kappa shape index (κ3) is 2.85. The van der Waals surface area contributed by atoms with Gasteiger partial charge in [0.2, 0.25) is 0 Å². The quantitative estimate of drug-likeness (QED) is 0.604. The summed E-state index contributed by atoms with van der Waals surface area (Å²) < 4.78 is 0. The van der Waals surface area contributed by atoms with E-state index in [0.717, 1.165) is 0 Å². The van der Waals surface area contributed by atoms with E-state index in [0.29, 0.717) is 18.8 Å². The van der Waals surface area contributed by atoms with Crippen molar-refractivity contribution in [2.45, 2.75) is 31.7 Å². The van der Waals surface area contributed by atoms with Crippen LogP contribution in [0, 0.1) is 5.92 Å². The van der Waals surface area contributed by atoms with Crippen LogP contribution in [0.3, 0.4) is 0 Å². The number of hydrogen-bond donors (Lipinski definition) is 1. The van der Waals surface area contributed by atoms with Crippen LogP contribution in [0.25, 0.3) is 0 Å². The maximum atomic E-state index is 11.0. The first kappa shape index (κ1) is 8.47. The van der Waals surface area contributed by atoms with E-state index in [1.54, 1.807) is 6.08 Å². The second kappa shape index (κ2) is 3.67. The monoisotopic (exact) mass is 153 g/mol. The Bertz CT molecular complexity index is 161. The van der Waals surface area contributed by atoms with Crippen molar-refractivity contribution in [3.63, 3.8) is 0 Å². The van der Waals surface area contributed by atoms with Crippen molar-refractivity contribution in [3.05, 3.63) is 12.7 Å². The third-order valence-corrected chi connectivity index (χ3v) is 2.06. The molecule has 0 radical (unpaired) electrons. The molecule has 1 aliphatic carbocycles. The molecule has 0 aliphatic heterocycles. The Morgan fingerprint density at radius 1 is 1.73 bits per heavy atom. The molecule has 0 aromatic carbocycles. The summed E-state index contributed by atoms with van der Waals surface area (Å²) in [6, 6.07) is 0.113. The topological polar surface area (TPSA) is 43.1 Å². The Labute approximate surface area is 67.5 Å². The molecule has 0 aromatic rings. The van der Waals surface area contributed by atoms with Crippen LogP contribution >= 0.6 is 0 Å². The summed E-state index contributed by atoms with van der Waals surface area (Å²) in [5.74, 6) is 0.850. The van der Waals surface area contributed by atoms with Crippen molar-refractivity contribution in [1.82, 2.24) is 0 Å². The van der Waals surface area contributed by atoms with Gasteiger partial charge in [0.15, 0.2) is 0 Å². The predicted molar refractivity (Wildman–Crippen MR) is 45.1 cm³/mol. The first-order chi connectivity index (χ1) is 5.24. The van der Waals surface area contributed by atoms with E-state index in [2.05, 4.69) is 6.58 Å². The molecule has 1 fully saturated rings. The summed E-state index contributed by atoms with van der Waals surface area (Å²) in [7, 11) is 0. The highest BCUT2D eigenvalue weighted by molar-refractivity contribution is 5.80. The van der Waals surface area contributed by atoms with E-state index in [1.165, 1.54) is 12.8 Å². The Hall–Kier alpha value is -0.630. The highest BCUT2D eigenvalue weighted by Gasteiger charge is 2.29. The molecule has 0 heterocycles. The van der Waals surface area contributed by atoms with E-state index in [-0.39, 0.29) is 11.8 Å². The Morgan fingerprint density at radius 3 is 2.82 bits per heavy atom. The van der Waals surface area contributed by atoms with Gasteiger partial charge in [-0.2, -0.15) is 0 Å². The number of nitrogens with two attached hydrogens (primary N) is 1. The van der Waals surface area contributed by atoms with Gasteiger partial charge in [0.25, 0.3) is 0 Å². The normalized spacial score (nSPS) is 19.4. The summed E-state index contributed by atoms with van der Waals surface area (Å²) in [6.07, 6.45) is 5.07. The average molecular weight is 153 g/mol. The first-order valence-electron chi connectivity index (χ1n) is 4.12. The van der Waals surface area contributed by atoms with Crippen molar-refractivity contribution < 1.29 is 4.79 Å². The lowest BCUT2D eigenvalue weighted by atomic mass is 10.1. The molecule has 1 unspecified atom stereocenters. The fraction of sp³-hybridized carbons (Fsp3) is 0.667. The molecule has 0 saturated heterocycles. The highest BCUT2D eigenvalue weighted by Crippen LogP contribution is 2.32. The molecule has 1 saturated carbocycles. The van der Waals surface area contributed by atoms with E-state index in [4.69, 9.17) is 5.73 Å². The van der Waals surface area contributed by atoms with Crippen LogP contribution in [-0.2, 0) is 4.79 Å². The summed E-state index contributed by atoms with van der Waals surface area (Å²) in [5.41, 5.74) is 5.76. The van der Waals surface area contributed by atoms with Crippen LogP contribution in [-0.4, -0.2) is 11.8 Å². The summed E-state index contributed by atoms with van der Waals surface area (Å²) in [6.45, 7) is 3.51. The molecule has 0 aromatic heterocycles. The molecule has 2 N–H and O–H groups in total. The summed E-state index contributed by atoms with van der Waals surface area (Å²) >= 11 is 0. The van der Waals surface area contributed by atoms with Crippen molar-refractivity contribution in [3.8, 4) is 0 Å². The van der Waals surface area contributed by atoms with Gasteiger partial charge >= 0.3 is 0 Å². The number of rotatable bonds is 5. The van der Waals surface area contributed by atoms with Crippen LogP contribution in [0.4, 0.5) is 0 Å². The Morgan fingerprint density at radius 2 is 2.36 bits per heavy atom. The molecule has 1 aliphatic rings. The molecule has 62 valence electrons. The predicted octanol–water partition coefficient (Wildman–Crippen LogP) is 1.26. The van der Waals surface area contributed by atoms with Gasteiger partial charge in [0.1, 0.15) is 5.78 Å². The summed E-state index contributed by atoms with van der Waals surface area (Å²) in [4.78, 5) is 11.0. The first-order valence-corrected chi connectivity index (χ1v) is 4.12. The van der Waals surface area contributed by atoms with Gasteiger partial charge in [-0.05, 0) is 18.8 Å². The average Bonchev–Trinajstić information content (AvgIpc) is 2.67. The lowest BCUT2D eigenvalue weighted by Crippen LogP contribution is -2.25. The number of carbonyl (C=O) groups is 1. The second-order valence-electron chi connectivity index (χ2n) is 3.24. The van der Waals surface area contributed by atoms with Gasteiger partial charge in [0.05, 0.1) is 0 Å². The molecule has 11 heavy (non-hydrogen) atoms. The van der Waals surface area contributed by atoms with E-state index in [9.17, 15) is 4.79 Å². The number of Topliss-reactive ketones (excluding diaryl/α,β-unsaturated/α-hetero) is 1. The van der Waals surface area contributed by atoms with Gasteiger partial charge < -0.3 is 5.73 Å². The maximum absolute atomic E-state index is 11.0. The zero-order valence-electron chi connectivity index (χ0n) is 6.75. The van der Waals surface area contributed by atoms with Gasteiger partial charge in [-0.1, -0.05) is 6.08 Å². The van der Waals surface area contributed by atoms with Crippen LogP contribution in [0.2, 0.25) is 0 Å². The molecule has 0 bridgehead atoms. The SMILES string of the molecule is C=CCC(=O)CC(N)C1CC1. The standard InChI is InChI=1S/C9H15NO/c1-2-3-8(11)6-9(10)7-4-5-7/h2,7,9H,1,3-6,10H2. The zero-order valence-corrected chi connectivity index (χ0v) is 6.75. The lowest BCUT2D eigenvalue weighted by Gasteiger charge is -2.06. The summed E-state index contributed by atoms with van der Waals surface area (Å²) in [5, 5.41) is 0. The van der Waals surface area contributed by atoms with E-state index < -0.39 is 0 Å². The van der Waals surface area contributed by atoms with Crippen LogP contribution in [0.1, 0.15) is 25.7 Å². The molecular formula is C9H15NO. The number of allylic oxidation sites excluding steroid dienone is 1. The molecule has 2 heteroatoms. The largest absolute Gasteiger partial charge is 0.327 e. The van der Waals surface area contributed by atoms with Crippen molar-refractivity contribution in [2.75, 3.05) is 0 Å². The minimum absolute atomic E-state index is 0.113. The second-order valence-corrected chi connectivity index (χ2v) is 3.24. The molecular weight excluding hydrogens is 138 g/mol. The smallest absolute Gasteiger partial charge is 0.138 e.